The summed E-state index contributed by atoms with van der Waals surface area (Å²) in [6, 6.07) is 5.97. The van der Waals surface area contributed by atoms with Crippen molar-refractivity contribution in [2.24, 2.45) is 0 Å². The molecule has 0 aromatic heterocycles. The van der Waals surface area contributed by atoms with Gasteiger partial charge >= 0.3 is 6.09 Å². The SMILES string of the molecule is Cc1ccc(S(=O)(=O)OCC2=CC=CS(=O)(=O)N2C(=O)OC(C)(C)C)cc1. The monoisotopic (exact) mass is 415 g/mol. The van der Waals surface area contributed by atoms with Crippen molar-refractivity contribution in [1.29, 1.82) is 0 Å². The maximum absolute atomic E-state index is 12.3. The molecule has 1 aromatic carbocycles. The lowest BCUT2D eigenvalue weighted by Crippen LogP contribution is -2.41. The van der Waals surface area contributed by atoms with E-state index in [0.29, 0.717) is 4.31 Å². The van der Waals surface area contributed by atoms with Gasteiger partial charge in [0.1, 0.15) is 12.2 Å². The zero-order valence-corrected chi connectivity index (χ0v) is 17.0. The number of rotatable bonds is 4. The largest absolute Gasteiger partial charge is 0.443 e. The van der Waals surface area contributed by atoms with Crippen LogP contribution in [0.4, 0.5) is 4.79 Å². The van der Waals surface area contributed by atoms with Crippen LogP contribution in [0.2, 0.25) is 0 Å². The average molecular weight is 415 g/mol. The molecule has 10 heteroatoms. The first-order chi connectivity index (χ1) is 12.3. The summed E-state index contributed by atoms with van der Waals surface area (Å²) >= 11 is 0. The van der Waals surface area contributed by atoms with Crippen molar-refractivity contribution in [3.8, 4) is 0 Å². The van der Waals surface area contributed by atoms with Gasteiger partial charge in [-0.05, 0) is 52.0 Å². The third-order valence-electron chi connectivity index (χ3n) is 3.29. The molecule has 0 unspecified atom stereocenters. The van der Waals surface area contributed by atoms with Crippen LogP contribution in [-0.2, 0) is 29.1 Å². The van der Waals surface area contributed by atoms with Crippen molar-refractivity contribution in [2.45, 2.75) is 38.2 Å². The number of hydrogen-bond donors (Lipinski definition) is 0. The van der Waals surface area contributed by atoms with Crippen molar-refractivity contribution in [2.75, 3.05) is 6.61 Å². The predicted molar refractivity (Wildman–Crippen MR) is 98.5 cm³/mol. The molecule has 0 bridgehead atoms. The van der Waals surface area contributed by atoms with Crippen molar-refractivity contribution < 1.29 is 30.6 Å². The smallest absolute Gasteiger partial charge is 0.428 e. The van der Waals surface area contributed by atoms with E-state index in [1.54, 1.807) is 39.8 Å². The maximum atomic E-state index is 12.3. The molecule has 0 saturated heterocycles. The number of aryl methyl sites for hydroxylation is 1. The second-order valence-corrected chi connectivity index (χ2v) is 10.1. The fourth-order valence-electron chi connectivity index (χ4n) is 2.08. The van der Waals surface area contributed by atoms with Gasteiger partial charge in [0, 0.05) is 0 Å². The molecule has 1 amide bonds. The van der Waals surface area contributed by atoms with E-state index >= 15 is 0 Å². The number of nitrogens with zero attached hydrogens (tertiary/aromatic N) is 1. The van der Waals surface area contributed by atoms with Crippen molar-refractivity contribution in [3.63, 3.8) is 0 Å². The lowest BCUT2D eigenvalue weighted by molar-refractivity contribution is 0.0419. The van der Waals surface area contributed by atoms with Gasteiger partial charge in [0.05, 0.1) is 16.0 Å². The second kappa shape index (κ2) is 7.45. The zero-order chi connectivity index (χ0) is 20.5. The van der Waals surface area contributed by atoms with E-state index in [0.717, 1.165) is 11.0 Å². The van der Waals surface area contributed by atoms with Gasteiger partial charge in [0.2, 0.25) is 0 Å². The Morgan fingerprint density at radius 1 is 1.15 bits per heavy atom. The van der Waals surface area contributed by atoms with Crippen LogP contribution in [0.5, 0.6) is 0 Å². The number of allylic oxidation sites excluding steroid dienone is 2. The minimum Gasteiger partial charge on any atom is -0.443 e. The molecule has 27 heavy (non-hydrogen) atoms. The highest BCUT2D eigenvalue weighted by atomic mass is 32.2. The number of amides is 1. The molecule has 0 aliphatic carbocycles. The minimum atomic E-state index is -4.15. The number of hydrogen-bond acceptors (Lipinski definition) is 7. The Labute approximate surface area is 159 Å². The van der Waals surface area contributed by atoms with Crippen LogP contribution in [0, 0.1) is 6.92 Å². The Bertz CT molecular complexity index is 983. The normalized spacial score (nSPS) is 16.7. The lowest BCUT2D eigenvalue weighted by Gasteiger charge is -2.28. The lowest BCUT2D eigenvalue weighted by atomic mass is 10.2. The Balaban J connectivity index is 2.24. The number of carbonyl (C=O) groups excluding carboxylic acids is 1. The van der Waals surface area contributed by atoms with Crippen LogP contribution in [-0.4, -0.2) is 39.4 Å². The van der Waals surface area contributed by atoms with Gasteiger partial charge in [-0.1, -0.05) is 17.7 Å². The molecule has 0 N–H and O–H groups in total. The predicted octanol–water partition coefficient (Wildman–Crippen LogP) is 2.68. The second-order valence-electron chi connectivity index (χ2n) is 6.81. The standard InChI is InChI=1S/C17H21NO7S2/c1-13-7-9-15(10-8-13)27(22,23)24-12-14-6-5-11-26(20,21)18(14)16(19)25-17(2,3)4/h5-11H,12H2,1-4H3. The molecule has 8 nitrogen and oxygen atoms in total. The van der Waals surface area contributed by atoms with Crippen molar-refractivity contribution in [3.05, 3.63) is 53.1 Å². The highest BCUT2D eigenvalue weighted by Crippen LogP contribution is 2.23. The molecule has 0 atom stereocenters. The van der Waals surface area contributed by atoms with E-state index in [-0.39, 0.29) is 10.6 Å². The molecule has 0 spiro atoms. The van der Waals surface area contributed by atoms with E-state index in [1.807, 2.05) is 0 Å². The summed E-state index contributed by atoms with van der Waals surface area (Å²) in [5.74, 6) is 0. The van der Waals surface area contributed by atoms with Crippen molar-refractivity contribution >= 4 is 26.2 Å². The van der Waals surface area contributed by atoms with Gasteiger partial charge < -0.3 is 4.74 Å². The molecule has 2 rings (SSSR count). The van der Waals surface area contributed by atoms with E-state index in [9.17, 15) is 21.6 Å². The first kappa shape index (κ1) is 21.1. The first-order valence-electron chi connectivity index (χ1n) is 7.93. The Morgan fingerprint density at radius 2 is 1.74 bits per heavy atom. The molecule has 148 valence electrons. The fraction of sp³-hybridized carbons (Fsp3) is 0.353. The van der Waals surface area contributed by atoms with Crippen LogP contribution in [0.25, 0.3) is 0 Å². The Hall–Kier alpha value is -2.17. The van der Waals surface area contributed by atoms with Crippen LogP contribution in [0.3, 0.4) is 0 Å². The van der Waals surface area contributed by atoms with E-state index in [4.69, 9.17) is 8.92 Å². The van der Waals surface area contributed by atoms with Crippen molar-refractivity contribution in [1.82, 2.24) is 4.31 Å². The third kappa shape index (κ3) is 5.41. The molecular weight excluding hydrogens is 394 g/mol. The maximum Gasteiger partial charge on any atom is 0.428 e. The summed E-state index contributed by atoms with van der Waals surface area (Å²) in [7, 11) is -8.28. The van der Waals surface area contributed by atoms with E-state index in [1.165, 1.54) is 24.3 Å². The number of benzene rings is 1. The van der Waals surface area contributed by atoms with Crippen LogP contribution in [0.1, 0.15) is 26.3 Å². The molecule has 1 aliphatic heterocycles. The summed E-state index contributed by atoms with van der Waals surface area (Å²) < 4.78 is 59.5. The van der Waals surface area contributed by atoms with Gasteiger partial charge in [-0.15, -0.1) is 0 Å². The number of sulfonamides is 1. The molecule has 0 radical (unpaired) electrons. The van der Waals surface area contributed by atoms with Crippen LogP contribution < -0.4 is 0 Å². The summed E-state index contributed by atoms with van der Waals surface area (Å²) in [4.78, 5) is 12.2. The van der Waals surface area contributed by atoms with E-state index in [2.05, 4.69) is 0 Å². The van der Waals surface area contributed by atoms with Gasteiger partial charge in [-0.25, -0.2) is 13.2 Å². The summed E-state index contributed by atoms with van der Waals surface area (Å²) in [5.41, 5.74) is -0.244. The summed E-state index contributed by atoms with van der Waals surface area (Å²) in [6.45, 7) is 5.90. The Kier molecular flexibility index (Phi) is 5.83. The minimum absolute atomic E-state index is 0.0771. The highest BCUT2D eigenvalue weighted by Gasteiger charge is 2.35. The van der Waals surface area contributed by atoms with Crippen LogP contribution >= 0.6 is 0 Å². The molecule has 0 fully saturated rings. The summed E-state index contributed by atoms with van der Waals surface area (Å²) in [6.07, 6.45) is 1.32. The van der Waals surface area contributed by atoms with Gasteiger partial charge in [0.25, 0.3) is 20.1 Å². The topological polar surface area (TPSA) is 107 Å². The fourth-order valence-corrected chi connectivity index (χ4v) is 4.05. The molecule has 1 aromatic rings. The average Bonchev–Trinajstić information content (AvgIpc) is 2.50. The van der Waals surface area contributed by atoms with E-state index < -0.39 is 38.4 Å². The Morgan fingerprint density at radius 3 is 2.30 bits per heavy atom. The number of carbonyl (C=O) groups is 1. The van der Waals surface area contributed by atoms with Crippen LogP contribution in [0.15, 0.2) is 52.4 Å². The molecular formula is C17H21NO7S2. The van der Waals surface area contributed by atoms with Gasteiger partial charge in [-0.3, -0.25) is 4.18 Å². The summed E-state index contributed by atoms with van der Waals surface area (Å²) in [5, 5.41) is 0.814. The first-order valence-corrected chi connectivity index (χ1v) is 10.8. The molecule has 0 saturated carbocycles. The van der Waals surface area contributed by atoms with Gasteiger partial charge in [0.15, 0.2) is 0 Å². The highest BCUT2D eigenvalue weighted by molar-refractivity contribution is 7.92. The van der Waals surface area contributed by atoms with Gasteiger partial charge in [-0.2, -0.15) is 12.7 Å². The molecule has 1 aliphatic rings. The third-order valence-corrected chi connectivity index (χ3v) is 5.96. The quantitative estimate of drug-likeness (QED) is 0.696. The molecule has 1 heterocycles. The number of ether oxygens (including phenoxy) is 1. The zero-order valence-electron chi connectivity index (χ0n) is 15.4.